The molecule has 28 heavy (non-hydrogen) atoms. The zero-order chi connectivity index (χ0) is 19.5. The number of anilines is 1. The summed E-state index contributed by atoms with van der Waals surface area (Å²) < 4.78 is 19.4. The molecule has 0 bridgehead atoms. The van der Waals surface area contributed by atoms with Gasteiger partial charge in [0.1, 0.15) is 18.3 Å². The summed E-state index contributed by atoms with van der Waals surface area (Å²) in [4.78, 5) is 12.9. The summed E-state index contributed by atoms with van der Waals surface area (Å²) in [5.74, 6) is -0.162. The van der Waals surface area contributed by atoms with Gasteiger partial charge in [0.25, 0.3) is 0 Å². The minimum Gasteiger partial charge on any atom is -0.394 e. The van der Waals surface area contributed by atoms with Crippen molar-refractivity contribution >= 4 is 17.0 Å². The number of rotatable bonds is 3. The Bertz CT molecular complexity index is 1030. The van der Waals surface area contributed by atoms with Crippen LogP contribution >= 0.6 is 0 Å². The molecule has 146 valence electrons. The van der Waals surface area contributed by atoms with Crippen molar-refractivity contribution in [3.63, 3.8) is 0 Å². The third kappa shape index (κ3) is 2.63. The first-order valence-corrected chi connectivity index (χ1v) is 8.87. The molecule has 0 saturated carbocycles. The van der Waals surface area contributed by atoms with Gasteiger partial charge in [-0.25, -0.2) is 9.97 Å². The van der Waals surface area contributed by atoms with E-state index in [4.69, 9.17) is 19.9 Å². The molecule has 0 aliphatic carbocycles. The van der Waals surface area contributed by atoms with Crippen LogP contribution in [0.5, 0.6) is 0 Å². The number of fused-ring (bicyclic) bond motifs is 2. The van der Waals surface area contributed by atoms with Gasteiger partial charge in [-0.1, -0.05) is 5.21 Å². The van der Waals surface area contributed by atoms with E-state index < -0.39 is 30.3 Å². The Morgan fingerprint density at radius 3 is 2.68 bits per heavy atom. The van der Waals surface area contributed by atoms with E-state index in [1.54, 1.807) is 24.5 Å². The predicted octanol–water partition coefficient (Wildman–Crippen LogP) is 0.275. The second kappa shape index (κ2) is 6.14. The molecule has 3 aromatic heterocycles. The van der Waals surface area contributed by atoms with Gasteiger partial charge in [0, 0.05) is 18.0 Å². The number of nitrogens with zero attached hydrogens (tertiary/aromatic N) is 6. The van der Waals surface area contributed by atoms with Crippen molar-refractivity contribution in [3.05, 3.63) is 24.5 Å². The molecular weight excluding hydrogens is 366 g/mol. The van der Waals surface area contributed by atoms with E-state index in [1.807, 2.05) is 13.8 Å². The first kappa shape index (κ1) is 17.4. The molecular formula is C17H19N7O4. The number of nitrogen functional groups attached to an aromatic ring is 1. The van der Waals surface area contributed by atoms with Crippen LogP contribution in [0.4, 0.5) is 5.82 Å². The summed E-state index contributed by atoms with van der Waals surface area (Å²) in [7, 11) is 0. The molecule has 2 aliphatic rings. The largest absolute Gasteiger partial charge is 0.394 e. The third-order valence-corrected chi connectivity index (χ3v) is 4.84. The summed E-state index contributed by atoms with van der Waals surface area (Å²) in [6.07, 6.45) is 1.18. The van der Waals surface area contributed by atoms with Crippen LogP contribution in [0, 0.1) is 0 Å². The maximum absolute atomic E-state index is 9.69. The lowest BCUT2D eigenvalue weighted by molar-refractivity contribution is -0.201. The highest BCUT2D eigenvalue weighted by Gasteiger charge is 2.56. The predicted molar refractivity (Wildman–Crippen MR) is 95.6 cm³/mol. The van der Waals surface area contributed by atoms with Crippen LogP contribution in [0.2, 0.25) is 0 Å². The first-order chi connectivity index (χ1) is 13.5. The normalized spacial score (nSPS) is 28.7. The fourth-order valence-corrected chi connectivity index (χ4v) is 3.66. The minimum absolute atomic E-state index is 0.205. The summed E-state index contributed by atoms with van der Waals surface area (Å²) in [5.41, 5.74) is 7.63. The van der Waals surface area contributed by atoms with E-state index in [-0.39, 0.29) is 12.4 Å². The van der Waals surface area contributed by atoms with Crippen LogP contribution in [0.25, 0.3) is 22.6 Å². The quantitative estimate of drug-likeness (QED) is 0.645. The lowest BCUT2D eigenvalue weighted by Gasteiger charge is -2.23. The van der Waals surface area contributed by atoms with Gasteiger partial charge in [0.2, 0.25) is 0 Å². The number of aliphatic hydroxyl groups is 1. The van der Waals surface area contributed by atoms with Gasteiger partial charge in [-0.05, 0) is 26.0 Å². The number of nitrogens with two attached hydrogens (primary N) is 1. The molecule has 0 amide bonds. The lowest BCUT2D eigenvalue weighted by Crippen LogP contribution is -2.31. The van der Waals surface area contributed by atoms with Crippen LogP contribution in [-0.4, -0.2) is 65.8 Å². The Hall–Kier alpha value is -2.73. The van der Waals surface area contributed by atoms with Gasteiger partial charge in [0.05, 0.1) is 6.61 Å². The fraction of sp³-hybridized carbons (Fsp3) is 0.471. The summed E-state index contributed by atoms with van der Waals surface area (Å²) in [5, 5.41) is 18.0. The zero-order valence-corrected chi connectivity index (χ0v) is 15.3. The topological polar surface area (TPSA) is 143 Å². The van der Waals surface area contributed by atoms with E-state index in [9.17, 15) is 5.11 Å². The number of ether oxygens (including phenoxy) is 3. The molecule has 5 heterocycles. The first-order valence-electron chi connectivity index (χ1n) is 8.87. The molecule has 2 fully saturated rings. The lowest BCUT2D eigenvalue weighted by atomic mass is 10.1. The molecule has 5 rings (SSSR count). The summed E-state index contributed by atoms with van der Waals surface area (Å²) in [6, 6.07) is 3.57. The number of aromatic nitrogens is 6. The Morgan fingerprint density at radius 2 is 1.93 bits per heavy atom. The third-order valence-electron chi connectivity index (χ3n) is 4.84. The van der Waals surface area contributed by atoms with Gasteiger partial charge in [-0.3, -0.25) is 4.98 Å². The highest BCUT2D eigenvalue weighted by Crippen LogP contribution is 2.43. The maximum Gasteiger partial charge on any atom is 0.187 e. The molecule has 4 atom stereocenters. The van der Waals surface area contributed by atoms with Gasteiger partial charge in [0.15, 0.2) is 34.8 Å². The zero-order valence-electron chi connectivity index (χ0n) is 15.3. The molecule has 0 spiro atoms. The van der Waals surface area contributed by atoms with E-state index >= 15 is 0 Å². The van der Waals surface area contributed by atoms with Crippen molar-refractivity contribution in [1.29, 1.82) is 0 Å². The smallest absolute Gasteiger partial charge is 0.187 e. The van der Waals surface area contributed by atoms with Gasteiger partial charge < -0.3 is 25.1 Å². The van der Waals surface area contributed by atoms with E-state index in [2.05, 4.69) is 25.3 Å². The molecule has 2 aliphatic heterocycles. The molecule has 0 unspecified atom stereocenters. The SMILES string of the molecule is CC1(C)O[C@@H]2[C@H](O1)[C@@H](CO)O[C@H]2n1nnc2c(N)nc(-c3ccncc3)nc21. The van der Waals surface area contributed by atoms with Crippen LogP contribution in [-0.2, 0) is 14.2 Å². The summed E-state index contributed by atoms with van der Waals surface area (Å²) in [6.45, 7) is 3.43. The van der Waals surface area contributed by atoms with E-state index in [0.29, 0.717) is 17.0 Å². The fourth-order valence-electron chi connectivity index (χ4n) is 3.66. The Balaban J connectivity index is 1.61. The van der Waals surface area contributed by atoms with Crippen LogP contribution in [0.15, 0.2) is 24.5 Å². The van der Waals surface area contributed by atoms with Crippen molar-refractivity contribution in [3.8, 4) is 11.4 Å². The monoisotopic (exact) mass is 385 g/mol. The van der Waals surface area contributed by atoms with Crippen molar-refractivity contribution in [2.75, 3.05) is 12.3 Å². The van der Waals surface area contributed by atoms with Crippen LogP contribution in [0.3, 0.4) is 0 Å². The average Bonchev–Trinajstić information content (AvgIpc) is 3.33. The molecule has 11 nitrogen and oxygen atoms in total. The molecule has 3 aromatic rings. The van der Waals surface area contributed by atoms with Crippen molar-refractivity contribution in [1.82, 2.24) is 29.9 Å². The number of aliphatic hydroxyl groups excluding tert-OH is 1. The van der Waals surface area contributed by atoms with Crippen molar-refractivity contribution < 1.29 is 19.3 Å². The van der Waals surface area contributed by atoms with E-state index in [1.165, 1.54) is 4.68 Å². The molecule has 11 heteroatoms. The highest BCUT2D eigenvalue weighted by molar-refractivity contribution is 5.83. The molecule has 3 N–H and O–H groups in total. The highest BCUT2D eigenvalue weighted by atomic mass is 16.8. The maximum atomic E-state index is 9.69. The van der Waals surface area contributed by atoms with E-state index in [0.717, 1.165) is 5.56 Å². The summed E-state index contributed by atoms with van der Waals surface area (Å²) >= 11 is 0. The molecule has 2 saturated heterocycles. The van der Waals surface area contributed by atoms with Crippen LogP contribution < -0.4 is 5.73 Å². The standard InChI is InChI=1S/C17H19N7O4/c1-17(2)27-11-9(7-25)26-16(12(11)28-17)24-15-10(22-23-24)13(18)20-14(21-15)8-3-5-19-6-4-8/h3-6,9,11-12,16,25H,7H2,1-2H3,(H2,18,20,21)/t9-,11-,12-,16-/m1/s1. The number of pyridine rings is 1. The Labute approximate surface area is 159 Å². The Kier molecular flexibility index (Phi) is 3.81. The number of hydrogen-bond acceptors (Lipinski definition) is 10. The van der Waals surface area contributed by atoms with Gasteiger partial charge >= 0.3 is 0 Å². The molecule has 0 aromatic carbocycles. The van der Waals surface area contributed by atoms with Gasteiger partial charge in [-0.15, -0.1) is 5.10 Å². The van der Waals surface area contributed by atoms with Crippen molar-refractivity contribution in [2.45, 2.75) is 44.2 Å². The second-order valence-electron chi connectivity index (χ2n) is 7.19. The molecule has 0 radical (unpaired) electrons. The average molecular weight is 385 g/mol. The van der Waals surface area contributed by atoms with Gasteiger partial charge in [-0.2, -0.15) is 4.68 Å². The minimum atomic E-state index is -0.794. The van der Waals surface area contributed by atoms with Crippen molar-refractivity contribution in [2.24, 2.45) is 0 Å². The number of hydrogen-bond donors (Lipinski definition) is 2. The second-order valence-corrected chi connectivity index (χ2v) is 7.19. The Morgan fingerprint density at radius 1 is 1.18 bits per heavy atom. The van der Waals surface area contributed by atoms with Crippen LogP contribution in [0.1, 0.15) is 20.1 Å².